The minimum atomic E-state index is -4.59. The number of halogens is 3. The van der Waals surface area contributed by atoms with Gasteiger partial charge in [0.15, 0.2) is 5.65 Å². The Morgan fingerprint density at radius 3 is 2.48 bits per heavy atom. The molecule has 0 aliphatic heterocycles. The number of anilines is 1. The average molecular weight is 330 g/mol. The first-order valence-electron chi connectivity index (χ1n) is 7.38. The topological polar surface area (TPSA) is 58.4 Å². The quantitative estimate of drug-likeness (QED) is 0.882. The molecule has 2 heterocycles. The van der Waals surface area contributed by atoms with Crippen LogP contribution in [-0.2, 0) is 6.18 Å². The molecule has 0 amide bonds. The number of nitrogens with one attached hydrogen (secondary N) is 1. The Morgan fingerprint density at radius 1 is 1.22 bits per heavy atom. The van der Waals surface area contributed by atoms with Crippen molar-refractivity contribution in [3.8, 4) is 0 Å². The Labute approximate surface area is 132 Å². The van der Waals surface area contributed by atoms with Crippen molar-refractivity contribution in [2.75, 3.05) is 26.0 Å². The molecule has 128 valence electrons. The SMILES string of the molecule is CC(C)CC(CNc1ccc2nnc(C(F)(F)F)n2n1)N(C)C. The zero-order valence-electron chi connectivity index (χ0n) is 13.6. The van der Waals surface area contributed by atoms with Gasteiger partial charge in [-0.25, -0.2) is 0 Å². The van der Waals surface area contributed by atoms with Gasteiger partial charge in [-0.3, -0.25) is 0 Å². The van der Waals surface area contributed by atoms with Crippen LogP contribution in [0.4, 0.5) is 19.0 Å². The lowest BCUT2D eigenvalue weighted by Crippen LogP contribution is -2.35. The predicted octanol–water partition coefficient (Wildman–Crippen LogP) is 2.53. The fourth-order valence-corrected chi connectivity index (χ4v) is 2.30. The van der Waals surface area contributed by atoms with Crippen LogP contribution in [0, 0.1) is 5.92 Å². The van der Waals surface area contributed by atoms with Crippen molar-refractivity contribution in [3.05, 3.63) is 18.0 Å². The summed E-state index contributed by atoms with van der Waals surface area (Å²) in [5.41, 5.74) is 0.0641. The smallest absolute Gasteiger partial charge is 0.367 e. The highest BCUT2D eigenvalue weighted by Gasteiger charge is 2.37. The van der Waals surface area contributed by atoms with Crippen LogP contribution >= 0.6 is 0 Å². The Morgan fingerprint density at radius 2 is 1.91 bits per heavy atom. The molecule has 1 unspecified atom stereocenters. The van der Waals surface area contributed by atoms with E-state index in [1.54, 1.807) is 6.07 Å². The van der Waals surface area contributed by atoms with Crippen LogP contribution in [0.5, 0.6) is 0 Å². The summed E-state index contributed by atoms with van der Waals surface area (Å²) in [6, 6.07) is 3.33. The van der Waals surface area contributed by atoms with E-state index >= 15 is 0 Å². The molecule has 0 bridgehead atoms. The number of fused-ring (bicyclic) bond motifs is 1. The molecule has 23 heavy (non-hydrogen) atoms. The summed E-state index contributed by atoms with van der Waals surface area (Å²) in [5, 5.41) is 13.7. The van der Waals surface area contributed by atoms with Crippen LogP contribution in [0.1, 0.15) is 26.1 Å². The van der Waals surface area contributed by atoms with Crippen molar-refractivity contribution >= 4 is 11.5 Å². The Bertz CT molecular complexity index is 649. The van der Waals surface area contributed by atoms with Crippen LogP contribution < -0.4 is 5.32 Å². The fraction of sp³-hybridized carbons (Fsp3) is 0.643. The van der Waals surface area contributed by atoms with E-state index in [2.05, 4.69) is 39.4 Å². The van der Waals surface area contributed by atoms with Gasteiger partial charge in [-0.05, 0) is 38.6 Å². The largest absolute Gasteiger partial charge is 0.453 e. The first-order valence-corrected chi connectivity index (χ1v) is 7.38. The second-order valence-corrected chi connectivity index (χ2v) is 6.14. The van der Waals surface area contributed by atoms with E-state index in [9.17, 15) is 13.2 Å². The number of rotatable bonds is 6. The molecule has 2 aromatic heterocycles. The van der Waals surface area contributed by atoms with E-state index < -0.39 is 12.0 Å². The monoisotopic (exact) mass is 330 g/mol. The van der Waals surface area contributed by atoms with Crippen LogP contribution in [0.15, 0.2) is 12.1 Å². The molecule has 2 aromatic rings. The van der Waals surface area contributed by atoms with E-state index in [0.29, 0.717) is 18.3 Å². The summed E-state index contributed by atoms with van der Waals surface area (Å²) >= 11 is 0. The van der Waals surface area contributed by atoms with E-state index in [4.69, 9.17) is 0 Å². The first-order chi connectivity index (χ1) is 10.7. The van der Waals surface area contributed by atoms with Gasteiger partial charge in [-0.1, -0.05) is 13.8 Å². The third-order valence-corrected chi connectivity index (χ3v) is 3.51. The molecule has 1 N–H and O–H groups in total. The van der Waals surface area contributed by atoms with Crippen LogP contribution in [0.25, 0.3) is 5.65 Å². The van der Waals surface area contributed by atoms with Crippen molar-refractivity contribution in [1.29, 1.82) is 0 Å². The second kappa shape index (κ2) is 6.69. The summed E-state index contributed by atoms with van der Waals surface area (Å²) in [4.78, 5) is 2.09. The normalized spacial score (nSPS) is 14.0. The molecular formula is C14H21F3N6. The third-order valence-electron chi connectivity index (χ3n) is 3.51. The van der Waals surface area contributed by atoms with Crippen LogP contribution in [0.3, 0.4) is 0 Å². The summed E-state index contributed by atoms with van der Waals surface area (Å²) in [5.74, 6) is -0.241. The summed E-state index contributed by atoms with van der Waals surface area (Å²) in [7, 11) is 3.96. The summed E-state index contributed by atoms with van der Waals surface area (Å²) < 4.78 is 39.3. The molecule has 0 aromatic carbocycles. The molecule has 0 saturated carbocycles. The van der Waals surface area contributed by atoms with E-state index in [-0.39, 0.29) is 11.7 Å². The zero-order chi connectivity index (χ0) is 17.2. The Kier molecular flexibility index (Phi) is 5.08. The molecule has 0 fully saturated rings. The number of hydrogen-bond acceptors (Lipinski definition) is 5. The van der Waals surface area contributed by atoms with Gasteiger partial charge in [-0.15, -0.1) is 15.3 Å². The Balaban J connectivity index is 2.17. The molecule has 0 saturated heterocycles. The maximum absolute atomic E-state index is 12.9. The first kappa shape index (κ1) is 17.5. The highest BCUT2D eigenvalue weighted by Crippen LogP contribution is 2.27. The summed E-state index contributed by atoms with van der Waals surface area (Å²) in [6.07, 6.45) is -3.61. The highest BCUT2D eigenvalue weighted by molar-refractivity contribution is 5.44. The molecule has 2 rings (SSSR count). The van der Waals surface area contributed by atoms with Gasteiger partial charge in [0.05, 0.1) is 0 Å². The Hall–Kier alpha value is -1.90. The minimum Gasteiger partial charge on any atom is -0.367 e. The van der Waals surface area contributed by atoms with Crippen molar-refractivity contribution in [3.63, 3.8) is 0 Å². The van der Waals surface area contributed by atoms with Gasteiger partial charge in [0, 0.05) is 12.6 Å². The molecule has 9 heteroatoms. The minimum absolute atomic E-state index is 0.0641. The number of aromatic nitrogens is 4. The zero-order valence-corrected chi connectivity index (χ0v) is 13.6. The molecule has 0 aliphatic rings. The molecule has 6 nitrogen and oxygen atoms in total. The highest BCUT2D eigenvalue weighted by atomic mass is 19.4. The van der Waals surface area contributed by atoms with Gasteiger partial charge in [-0.2, -0.15) is 17.7 Å². The van der Waals surface area contributed by atoms with Gasteiger partial charge in [0.2, 0.25) is 0 Å². The third kappa shape index (κ3) is 4.31. The molecular weight excluding hydrogens is 309 g/mol. The van der Waals surface area contributed by atoms with Gasteiger partial charge >= 0.3 is 6.18 Å². The standard InChI is InChI=1S/C14H21F3N6/c1-9(2)7-10(22(3)4)8-18-11-5-6-12-19-20-13(14(15,16)17)23(12)21-11/h5-6,9-10H,7-8H2,1-4H3,(H,18,21). The number of hydrogen-bond donors (Lipinski definition) is 1. The maximum atomic E-state index is 12.9. The molecule has 0 aliphatic carbocycles. The van der Waals surface area contributed by atoms with Crippen LogP contribution in [-0.4, -0.2) is 51.4 Å². The van der Waals surface area contributed by atoms with E-state index in [1.807, 2.05) is 14.1 Å². The second-order valence-electron chi connectivity index (χ2n) is 6.14. The lowest BCUT2D eigenvalue weighted by Gasteiger charge is -2.26. The number of likely N-dealkylation sites (N-methyl/N-ethyl adjacent to an activating group) is 1. The number of nitrogens with zero attached hydrogens (tertiary/aromatic N) is 5. The van der Waals surface area contributed by atoms with Crippen molar-refractivity contribution < 1.29 is 13.2 Å². The average Bonchev–Trinajstić information content (AvgIpc) is 2.85. The fourth-order valence-electron chi connectivity index (χ4n) is 2.30. The van der Waals surface area contributed by atoms with Gasteiger partial charge < -0.3 is 10.2 Å². The van der Waals surface area contributed by atoms with Gasteiger partial charge in [0.1, 0.15) is 5.82 Å². The lowest BCUT2D eigenvalue weighted by molar-refractivity contribution is -0.146. The maximum Gasteiger partial charge on any atom is 0.453 e. The molecule has 1 atom stereocenters. The number of alkyl halides is 3. The van der Waals surface area contributed by atoms with Gasteiger partial charge in [0.25, 0.3) is 5.82 Å². The van der Waals surface area contributed by atoms with Crippen molar-refractivity contribution in [2.24, 2.45) is 5.92 Å². The lowest BCUT2D eigenvalue weighted by atomic mass is 10.0. The van der Waals surface area contributed by atoms with Crippen molar-refractivity contribution in [1.82, 2.24) is 24.7 Å². The van der Waals surface area contributed by atoms with Crippen LogP contribution in [0.2, 0.25) is 0 Å². The molecule has 0 radical (unpaired) electrons. The molecule has 0 spiro atoms. The van der Waals surface area contributed by atoms with E-state index in [0.717, 1.165) is 10.9 Å². The summed E-state index contributed by atoms with van der Waals surface area (Å²) in [6.45, 7) is 4.86. The predicted molar refractivity (Wildman–Crippen MR) is 81.2 cm³/mol. The van der Waals surface area contributed by atoms with Crippen molar-refractivity contribution in [2.45, 2.75) is 32.5 Å². The van der Waals surface area contributed by atoms with E-state index in [1.165, 1.54) is 6.07 Å².